The molecule has 0 radical (unpaired) electrons. The molecule has 4 aromatic rings. The van der Waals surface area contributed by atoms with Gasteiger partial charge in [0.05, 0.1) is 28.3 Å². The van der Waals surface area contributed by atoms with Gasteiger partial charge in [-0.15, -0.1) is 0 Å². The lowest BCUT2D eigenvalue weighted by atomic mass is 9.98. The molecule has 1 saturated heterocycles. The first-order chi connectivity index (χ1) is 21.7. The molecule has 4 nitrogen and oxygen atoms in total. The lowest BCUT2D eigenvalue weighted by Gasteiger charge is -2.30. The first-order valence-electron chi connectivity index (χ1n) is 13.9. The van der Waals surface area contributed by atoms with E-state index in [1.165, 1.54) is 9.47 Å². The van der Waals surface area contributed by atoms with Crippen LogP contribution in [-0.2, 0) is 44.2 Å². The molecule has 0 aliphatic carbocycles. The monoisotopic (exact) mass is 679 g/mol. The van der Waals surface area contributed by atoms with Gasteiger partial charge in [-0.25, -0.2) is 4.79 Å². The van der Waals surface area contributed by atoms with E-state index in [4.69, 9.17) is 0 Å². The Hall–Kier alpha value is -4.37. The number of amides is 2. The van der Waals surface area contributed by atoms with Gasteiger partial charge in [0.25, 0.3) is 0 Å². The minimum atomic E-state index is -5.10. The molecule has 3 heterocycles. The van der Waals surface area contributed by atoms with E-state index >= 15 is 0 Å². The smallest absolute Gasteiger partial charge is 0.338 e. The summed E-state index contributed by atoms with van der Waals surface area (Å²) < 4.78 is 164. The van der Waals surface area contributed by atoms with Gasteiger partial charge in [-0.2, -0.15) is 52.7 Å². The molecule has 0 bridgehead atoms. The fraction of sp³-hybridized carbons (Fsp3) is 0.323. The van der Waals surface area contributed by atoms with Crippen LogP contribution >= 0.6 is 0 Å². The lowest BCUT2D eigenvalue weighted by Crippen LogP contribution is -2.37. The van der Waals surface area contributed by atoms with E-state index in [1.54, 1.807) is 24.3 Å². The molecule has 3 aromatic carbocycles. The second-order valence-electron chi connectivity index (χ2n) is 11.4. The van der Waals surface area contributed by atoms with Crippen molar-refractivity contribution in [2.24, 2.45) is 0 Å². The number of aromatic nitrogens is 1. The van der Waals surface area contributed by atoms with Gasteiger partial charge < -0.3 is 14.4 Å². The number of benzene rings is 3. The summed E-state index contributed by atoms with van der Waals surface area (Å²) in [6, 6.07) is 7.33. The molecule has 2 aliphatic rings. The highest BCUT2D eigenvalue weighted by molar-refractivity contribution is 5.88. The van der Waals surface area contributed by atoms with Gasteiger partial charge in [0.15, 0.2) is 0 Å². The Balaban J connectivity index is 1.41. The van der Waals surface area contributed by atoms with Crippen molar-refractivity contribution < 1.29 is 57.5 Å². The molecule has 0 spiro atoms. The second-order valence-corrected chi connectivity index (χ2v) is 11.4. The van der Waals surface area contributed by atoms with E-state index in [0.717, 1.165) is 4.90 Å². The van der Waals surface area contributed by atoms with Gasteiger partial charge in [-0.3, -0.25) is 0 Å². The summed E-state index contributed by atoms with van der Waals surface area (Å²) in [5.41, 5.74) is -5.31. The van der Waals surface area contributed by atoms with Gasteiger partial charge >= 0.3 is 30.7 Å². The Bertz CT molecular complexity index is 1800. The Morgan fingerprint density at radius 1 is 0.638 bits per heavy atom. The maximum Gasteiger partial charge on any atom is 0.416 e. The highest BCUT2D eigenvalue weighted by Crippen LogP contribution is 2.43. The average Bonchev–Trinajstić information content (AvgIpc) is 3.45. The van der Waals surface area contributed by atoms with Crippen molar-refractivity contribution in [2.75, 3.05) is 13.1 Å². The first kappa shape index (κ1) is 32.6. The largest absolute Gasteiger partial charge is 0.416 e. The number of hydrogen-bond acceptors (Lipinski definition) is 1. The zero-order chi connectivity index (χ0) is 34.3. The molecule has 6 rings (SSSR count). The van der Waals surface area contributed by atoms with Crippen molar-refractivity contribution in [3.8, 4) is 0 Å². The molecule has 16 heteroatoms. The topological polar surface area (TPSA) is 28.5 Å². The molecule has 250 valence electrons. The molecule has 1 atom stereocenters. The van der Waals surface area contributed by atoms with Crippen LogP contribution in [0, 0.1) is 0 Å². The number of carbonyl (C=O) groups excluding carboxylic acids is 1. The molecule has 0 saturated carbocycles. The fourth-order valence-electron chi connectivity index (χ4n) is 6.38. The van der Waals surface area contributed by atoms with Crippen LogP contribution in [0.3, 0.4) is 0 Å². The van der Waals surface area contributed by atoms with Crippen molar-refractivity contribution in [1.29, 1.82) is 0 Å². The number of hydrogen-bond donors (Lipinski definition) is 0. The van der Waals surface area contributed by atoms with Gasteiger partial charge in [-0.1, -0.05) is 18.2 Å². The average molecular weight is 680 g/mol. The quantitative estimate of drug-likeness (QED) is 0.198. The number of rotatable bonds is 4. The van der Waals surface area contributed by atoms with E-state index in [-0.39, 0.29) is 37.2 Å². The number of nitrogens with zero attached hydrogens (tertiary/aromatic N) is 3. The third-order valence-electron chi connectivity index (χ3n) is 8.33. The number of urea groups is 1. The van der Waals surface area contributed by atoms with Crippen LogP contribution in [0.25, 0.3) is 10.9 Å². The number of halogens is 12. The van der Waals surface area contributed by atoms with Crippen LogP contribution in [0.15, 0.2) is 60.7 Å². The Kier molecular flexibility index (Phi) is 7.51. The summed E-state index contributed by atoms with van der Waals surface area (Å²) in [4.78, 5) is 15.9. The molecule has 1 unspecified atom stereocenters. The van der Waals surface area contributed by atoms with E-state index < -0.39 is 77.7 Å². The first-order valence-corrected chi connectivity index (χ1v) is 13.9. The SMILES string of the molecule is O=C1N(Cc2cc(C(F)(F)F)cc(C(F)(F)F)c2)CC2c3c(c4ccccc4n3Cc3cc(C(F)(F)F)cc(C(F)(F)F)c3)CCN12. The zero-order valence-corrected chi connectivity index (χ0v) is 23.7. The number of para-hydroxylation sites is 1. The second kappa shape index (κ2) is 10.8. The molecule has 2 amide bonds. The van der Waals surface area contributed by atoms with E-state index in [9.17, 15) is 57.5 Å². The van der Waals surface area contributed by atoms with Crippen LogP contribution < -0.4 is 0 Å². The minimum absolute atomic E-state index is 0.0139. The summed E-state index contributed by atoms with van der Waals surface area (Å²) in [5.74, 6) is 0. The fourth-order valence-corrected chi connectivity index (χ4v) is 6.38. The maximum absolute atomic E-state index is 13.6. The molecule has 47 heavy (non-hydrogen) atoms. The number of carbonyl (C=O) groups is 1. The summed E-state index contributed by atoms with van der Waals surface area (Å²) >= 11 is 0. The van der Waals surface area contributed by atoms with E-state index in [2.05, 4.69) is 0 Å². The highest BCUT2D eigenvalue weighted by Gasteiger charge is 2.45. The van der Waals surface area contributed by atoms with Gasteiger partial charge in [-0.05, 0) is 65.6 Å². The molecule has 2 aliphatic heterocycles. The van der Waals surface area contributed by atoms with Gasteiger partial charge in [0, 0.05) is 42.8 Å². The van der Waals surface area contributed by atoms with Gasteiger partial charge in [0.1, 0.15) is 0 Å². The van der Waals surface area contributed by atoms with Crippen molar-refractivity contribution in [1.82, 2.24) is 14.4 Å². The van der Waals surface area contributed by atoms with E-state index in [1.807, 2.05) is 0 Å². The van der Waals surface area contributed by atoms with Crippen LogP contribution in [0.5, 0.6) is 0 Å². The standard InChI is InChI=1S/C31H21F12N3O/c32-28(33,34)18-7-16(8-19(11-18)29(35,36)37)13-44-15-25-26-23(5-6-45(25)27(44)47)22-3-1-2-4-24(22)46(26)14-17-9-20(30(38,39)40)12-21(10-17)31(41,42)43/h1-4,7-12,25H,5-6,13-15H2. The normalized spacial score (nSPS) is 17.4. The minimum Gasteiger partial charge on any atom is -0.338 e. The van der Waals surface area contributed by atoms with Crippen LogP contribution in [0.4, 0.5) is 57.5 Å². The zero-order valence-electron chi connectivity index (χ0n) is 23.7. The molecular formula is C31H21F12N3O. The van der Waals surface area contributed by atoms with E-state index in [0.29, 0.717) is 46.4 Å². The predicted molar refractivity (Wildman–Crippen MR) is 143 cm³/mol. The molecule has 1 aromatic heterocycles. The van der Waals surface area contributed by atoms with Crippen molar-refractivity contribution in [3.63, 3.8) is 0 Å². The van der Waals surface area contributed by atoms with Gasteiger partial charge in [0.2, 0.25) is 0 Å². The number of fused-ring (bicyclic) bond motifs is 5. The Morgan fingerprint density at radius 2 is 1.11 bits per heavy atom. The Labute approximate surface area is 257 Å². The van der Waals surface area contributed by atoms with Crippen LogP contribution in [0.1, 0.15) is 50.7 Å². The summed E-state index contributed by atoms with van der Waals surface area (Å²) in [6.45, 7) is -1.17. The van der Waals surface area contributed by atoms with Crippen molar-refractivity contribution in [3.05, 3.63) is 105 Å². The predicted octanol–water partition coefficient (Wildman–Crippen LogP) is 9.30. The summed E-state index contributed by atoms with van der Waals surface area (Å²) in [6.07, 6.45) is -20.1. The molecule has 0 N–H and O–H groups in total. The van der Waals surface area contributed by atoms with Crippen molar-refractivity contribution in [2.45, 2.75) is 50.3 Å². The lowest BCUT2D eigenvalue weighted by molar-refractivity contribution is -0.144. The van der Waals surface area contributed by atoms with Crippen LogP contribution in [0.2, 0.25) is 0 Å². The molecule has 1 fully saturated rings. The van der Waals surface area contributed by atoms with Crippen LogP contribution in [-0.4, -0.2) is 33.5 Å². The summed E-state index contributed by atoms with van der Waals surface area (Å²) in [7, 11) is 0. The van der Waals surface area contributed by atoms with Crippen molar-refractivity contribution >= 4 is 16.9 Å². The molecular weight excluding hydrogens is 658 g/mol. The third-order valence-corrected chi connectivity index (χ3v) is 8.33. The summed E-state index contributed by atoms with van der Waals surface area (Å²) in [5, 5.41) is 0.642. The third kappa shape index (κ3) is 6.09. The maximum atomic E-state index is 13.6. The Morgan fingerprint density at radius 3 is 1.60 bits per heavy atom. The highest BCUT2D eigenvalue weighted by atomic mass is 19.4. The number of alkyl halides is 12.